The summed E-state index contributed by atoms with van der Waals surface area (Å²) in [5.41, 5.74) is 1.62. The van der Waals surface area contributed by atoms with Crippen LogP contribution in [0.15, 0.2) is 29.4 Å². The van der Waals surface area contributed by atoms with Gasteiger partial charge in [-0.1, -0.05) is 23.5 Å². The first-order valence-corrected chi connectivity index (χ1v) is 8.48. The smallest absolute Gasteiger partial charge is 0.207 e. The van der Waals surface area contributed by atoms with E-state index < -0.39 is 10.0 Å². The van der Waals surface area contributed by atoms with E-state index in [2.05, 4.69) is 20.0 Å². The summed E-state index contributed by atoms with van der Waals surface area (Å²) in [6, 6.07) is 5.35. The first-order valence-electron chi connectivity index (χ1n) is 6.18. The topological polar surface area (TPSA) is 89.2 Å². The lowest BCUT2D eigenvalue weighted by molar-refractivity contribution is 0.580. The fraction of sp³-hybridized carbons (Fsp3) is 0.250. The van der Waals surface area contributed by atoms with Crippen molar-refractivity contribution in [1.29, 1.82) is 0 Å². The van der Waals surface area contributed by atoms with Gasteiger partial charge < -0.3 is 0 Å². The monoisotopic (exact) mass is 323 g/mol. The third-order valence-electron chi connectivity index (χ3n) is 2.98. The highest BCUT2D eigenvalue weighted by molar-refractivity contribution is 7.89. The Bertz CT molecular complexity index is 869. The number of aromatic nitrogens is 4. The number of nitrogens with zero attached hydrogens (tertiary/aromatic N) is 4. The normalized spacial score (nSPS) is 12.1. The fourth-order valence-corrected chi connectivity index (χ4v) is 4.06. The maximum Gasteiger partial charge on any atom is 0.241 e. The largest absolute Gasteiger partial charge is 0.241 e. The summed E-state index contributed by atoms with van der Waals surface area (Å²) in [6.45, 7) is 3.77. The molecular weight excluding hydrogens is 310 g/mol. The van der Waals surface area contributed by atoms with Crippen molar-refractivity contribution in [2.75, 3.05) is 0 Å². The first kappa shape index (κ1) is 14.1. The molecule has 0 unspecified atom stereocenters. The molecular formula is C12H13N5O2S2. The van der Waals surface area contributed by atoms with Gasteiger partial charge >= 0.3 is 0 Å². The van der Waals surface area contributed by atoms with Gasteiger partial charge in [0, 0.05) is 0 Å². The number of hydrogen-bond acceptors (Lipinski definition) is 6. The van der Waals surface area contributed by atoms with Gasteiger partial charge in [0.1, 0.15) is 11.3 Å². The van der Waals surface area contributed by atoms with Crippen LogP contribution in [-0.2, 0) is 16.6 Å². The lowest BCUT2D eigenvalue weighted by atomic mass is 10.2. The minimum Gasteiger partial charge on any atom is -0.207 e. The molecule has 110 valence electrons. The molecule has 21 heavy (non-hydrogen) atoms. The molecule has 7 nitrogen and oxygen atoms in total. The van der Waals surface area contributed by atoms with E-state index in [0.29, 0.717) is 20.4 Å². The molecule has 3 aromatic rings. The average molecular weight is 323 g/mol. The zero-order valence-corrected chi connectivity index (χ0v) is 13.1. The van der Waals surface area contributed by atoms with Gasteiger partial charge in [0.15, 0.2) is 0 Å². The van der Waals surface area contributed by atoms with Crippen molar-refractivity contribution in [2.45, 2.75) is 25.3 Å². The van der Waals surface area contributed by atoms with E-state index in [4.69, 9.17) is 0 Å². The second-order valence-electron chi connectivity index (χ2n) is 4.65. The van der Waals surface area contributed by atoms with Crippen LogP contribution in [0.3, 0.4) is 0 Å². The lowest BCUT2D eigenvalue weighted by Crippen LogP contribution is -2.24. The molecule has 2 aromatic heterocycles. The maximum atomic E-state index is 12.4. The Labute approximate surface area is 125 Å². The molecule has 0 fully saturated rings. The van der Waals surface area contributed by atoms with Gasteiger partial charge in [-0.2, -0.15) is 9.61 Å². The van der Waals surface area contributed by atoms with Crippen LogP contribution in [-0.4, -0.2) is 28.2 Å². The Kier molecular flexibility index (Phi) is 3.47. The Morgan fingerprint density at radius 1 is 1.33 bits per heavy atom. The van der Waals surface area contributed by atoms with E-state index in [9.17, 15) is 8.42 Å². The number of rotatable bonds is 4. The Balaban J connectivity index is 1.82. The van der Waals surface area contributed by atoms with Crippen LogP contribution >= 0.6 is 11.3 Å². The number of aryl methyl sites for hydroxylation is 2. The van der Waals surface area contributed by atoms with Crippen LogP contribution in [0, 0.1) is 13.8 Å². The van der Waals surface area contributed by atoms with Gasteiger partial charge in [0.2, 0.25) is 15.0 Å². The van der Waals surface area contributed by atoms with Crippen LogP contribution in [0.25, 0.3) is 4.96 Å². The second kappa shape index (κ2) is 5.17. The highest BCUT2D eigenvalue weighted by Crippen LogP contribution is 2.18. The van der Waals surface area contributed by atoms with Crippen molar-refractivity contribution in [1.82, 2.24) is 24.5 Å². The molecule has 0 atom stereocenters. The van der Waals surface area contributed by atoms with Gasteiger partial charge in [0.25, 0.3) is 0 Å². The maximum absolute atomic E-state index is 12.4. The molecule has 9 heteroatoms. The van der Waals surface area contributed by atoms with Gasteiger partial charge in [-0.05, 0) is 31.0 Å². The highest BCUT2D eigenvalue weighted by Gasteiger charge is 2.17. The molecule has 0 aliphatic carbocycles. The van der Waals surface area contributed by atoms with Crippen molar-refractivity contribution in [3.63, 3.8) is 0 Å². The van der Waals surface area contributed by atoms with E-state index in [0.717, 1.165) is 5.56 Å². The van der Waals surface area contributed by atoms with Gasteiger partial charge in [0.05, 0.1) is 11.4 Å². The number of benzene rings is 1. The Morgan fingerprint density at radius 3 is 2.90 bits per heavy atom. The molecule has 3 rings (SSSR count). The minimum atomic E-state index is -3.56. The third kappa shape index (κ3) is 2.80. The van der Waals surface area contributed by atoms with E-state index in [1.807, 2.05) is 13.0 Å². The number of sulfonamides is 1. The SMILES string of the molecule is Cc1ccc(C)c(S(=O)(=O)NCc2nn3cnnc3s2)c1. The minimum absolute atomic E-state index is 0.129. The van der Waals surface area contributed by atoms with Crippen LogP contribution in [0.1, 0.15) is 16.1 Å². The summed E-state index contributed by atoms with van der Waals surface area (Å²) in [4.78, 5) is 0.932. The predicted molar refractivity (Wildman–Crippen MR) is 78.6 cm³/mol. The van der Waals surface area contributed by atoms with Crippen molar-refractivity contribution in [2.24, 2.45) is 0 Å². The molecule has 2 heterocycles. The summed E-state index contributed by atoms with van der Waals surface area (Å²) in [5, 5.41) is 12.4. The van der Waals surface area contributed by atoms with Crippen molar-refractivity contribution in [3.8, 4) is 0 Å². The molecule has 0 saturated heterocycles. The zero-order chi connectivity index (χ0) is 15.0. The molecule has 0 saturated carbocycles. The van der Waals surface area contributed by atoms with E-state index >= 15 is 0 Å². The average Bonchev–Trinajstić information content (AvgIpc) is 3.00. The Morgan fingerprint density at radius 2 is 2.14 bits per heavy atom. The summed E-state index contributed by atoms with van der Waals surface area (Å²) < 4.78 is 28.8. The number of hydrogen-bond donors (Lipinski definition) is 1. The lowest BCUT2D eigenvalue weighted by Gasteiger charge is -2.09. The van der Waals surface area contributed by atoms with Crippen LogP contribution in [0.4, 0.5) is 0 Å². The molecule has 0 spiro atoms. The van der Waals surface area contributed by atoms with E-state index in [1.54, 1.807) is 19.1 Å². The summed E-state index contributed by atoms with van der Waals surface area (Å²) in [6.07, 6.45) is 1.48. The molecule has 0 amide bonds. The van der Waals surface area contributed by atoms with Crippen molar-refractivity contribution in [3.05, 3.63) is 40.7 Å². The summed E-state index contributed by atoms with van der Waals surface area (Å²) in [7, 11) is -3.56. The van der Waals surface area contributed by atoms with Crippen LogP contribution in [0.2, 0.25) is 0 Å². The number of fused-ring (bicyclic) bond motifs is 1. The summed E-state index contributed by atoms with van der Waals surface area (Å²) in [5.74, 6) is 0. The Hall–Kier alpha value is -1.84. The molecule has 0 aliphatic heterocycles. The number of nitrogens with one attached hydrogen (secondary N) is 1. The molecule has 0 radical (unpaired) electrons. The standard InChI is InChI=1S/C12H13N5O2S2/c1-8-3-4-9(2)10(5-8)21(18,19)14-6-11-16-17-7-13-15-12(17)20-11/h3-5,7,14H,6H2,1-2H3. The zero-order valence-electron chi connectivity index (χ0n) is 11.4. The quantitative estimate of drug-likeness (QED) is 0.781. The van der Waals surface area contributed by atoms with Gasteiger partial charge in [-0.3, -0.25) is 0 Å². The van der Waals surface area contributed by atoms with Gasteiger partial charge in [-0.25, -0.2) is 13.1 Å². The predicted octanol–water partition coefficient (Wildman–Crippen LogP) is 1.28. The van der Waals surface area contributed by atoms with Crippen molar-refractivity contribution >= 4 is 26.3 Å². The first-order chi connectivity index (χ1) is 9.95. The summed E-state index contributed by atoms with van der Waals surface area (Å²) >= 11 is 1.30. The molecule has 0 aliphatic rings. The van der Waals surface area contributed by atoms with Crippen molar-refractivity contribution < 1.29 is 8.42 Å². The third-order valence-corrected chi connectivity index (χ3v) is 5.43. The van der Waals surface area contributed by atoms with E-state index in [1.165, 1.54) is 22.2 Å². The highest BCUT2D eigenvalue weighted by atomic mass is 32.2. The molecule has 1 aromatic carbocycles. The van der Waals surface area contributed by atoms with Crippen LogP contribution in [0.5, 0.6) is 0 Å². The van der Waals surface area contributed by atoms with Crippen LogP contribution < -0.4 is 4.72 Å². The second-order valence-corrected chi connectivity index (χ2v) is 7.42. The van der Waals surface area contributed by atoms with Gasteiger partial charge in [-0.15, -0.1) is 10.2 Å². The molecule has 1 N–H and O–H groups in total. The molecule has 0 bridgehead atoms. The fourth-order valence-electron chi connectivity index (χ4n) is 1.90. The van der Waals surface area contributed by atoms with E-state index in [-0.39, 0.29) is 6.54 Å².